The minimum atomic E-state index is -4.80. The van der Waals surface area contributed by atoms with E-state index in [1.807, 2.05) is 0 Å². The molecule has 0 radical (unpaired) electrons. The SMILES string of the molecule is NS(=O)(=O)c1ccc(-c2ccc(OC(=O)Nc3ccc(OC(F)(F)F)cc3)cc2)cc1. The largest absolute Gasteiger partial charge is 0.573 e. The first kappa shape index (κ1) is 22.1. The van der Waals surface area contributed by atoms with Crippen LogP contribution in [0.5, 0.6) is 11.5 Å². The number of amides is 1. The molecule has 0 aliphatic rings. The Bertz CT molecular complexity index is 1160. The van der Waals surface area contributed by atoms with E-state index in [2.05, 4.69) is 10.1 Å². The Morgan fingerprint density at radius 2 is 1.29 bits per heavy atom. The minimum Gasteiger partial charge on any atom is -0.410 e. The van der Waals surface area contributed by atoms with Crippen LogP contribution in [0.25, 0.3) is 11.1 Å². The van der Waals surface area contributed by atoms with Crippen LogP contribution in [-0.4, -0.2) is 20.9 Å². The Hall–Kier alpha value is -3.57. The second-order valence-electron chi connectivity index (χ2n) is 6.18. The first-order valence-corrected chi connectivity index (χ1v) is 10.1. The molecule has 0 saturated heterocycles. The maximum atomic E-state index is 12.2. The third-order valence-electron chi connectivity index (χ3n) is 3.92. The molecule has 162 valence electrons. The van der Waals surface area contributed by atoms with E-state index in [9.17, 15) is 26.4 Å². The fraction of sp³-hybridized carbons (Fsp3) is 0.0500. The van der Waals surface area contributed by atoms with Crippen molar-refractivity contribution >= 4 is 21.8 Å². The van der Waals surface area contributed by atoms with Gasteiger partial charge in [-0.3, -0.25) is 5.32 Å². The van der Waals surface area contributed by atoms with Crippen LogP contribution in [0.3, 0.4) is 0 Å². The zero-order chi connectivity index (χ0) is 22.6. The Balaban J connectivity index is 1.60. The number of hydrogen-bond donors (Lipinski definition) is 2. The van der Waals surface area contributed by atoms with Gasteiger partial charge in [0, 0.05) is 5.69 Å². The first-order valence-electron chi connectivity index (χ1n) is 8.57. The number of ether oxygens (including phenoxy) is 2. The lowest BCUT2D eigenvalue weighted by molar-refractivity contribution is -0.274. The number of nitrogens with two attached hydrogens (primary N) is 1. The number of sulfonamides is 1. The molecule has 3 aromatic rings. The number of nitrogens with one attached hydrogen (secondary N) is 1. The number of halogens is 3. The van der Waals surface area contributed by atoms with Crippen LogP contribution in [0.4, 0.5) is 23.7 Å². The molecule has 3 aromatic carbocycles. The average molecular weight is 452 g/mol. The van der Waals surface area contributed by atoms with Crippen LogP contribution >= 0.6 is 0 Å². The molecule has 0 atom stereocenters. The molecule has 31 heavy (non-hydrogen) atoms. The molecule has 7 nitrogen and oxygen atoms in total. The van der Waals surface area contributed by atoms with Gasteiger partial charge in [0.05, 0.1) is 4.90 Å². The molecule has 11 heteroatoms. The Labute approximate surface area is 175 Å². The summed E-state index contributed by atoms with van der Waals surface area (Å²) < 4.78 is 67.9. The van der Waals surface area contributed by atoms with E-state index >= 15 is 0 Å². The lowest BCUT2D eigenvalue weighted by atomic mass is 10.1. The summed E-state index contributed by atoms with van der Waals surface area (Å²) in [6.45, 7) is 0. The second-order valence-corrected chi connectivity index (χ2v) is 7.74. The second kappa shape index (κ2) is 8.66. The van der Waals surface area contributed by atoms with Gasteiger partial charge in [-0.15, -0.1) is 13.2 Å². The van der Waals surface area contributed by atoms with Gasteiger partial charge in [-0.25, -0.2) is 18.4 Å². The van der Waals surface area contributed by atoms with E-state index < -0.39 is 28.2 Å². The maximum absolute atomic E-state index is 12.2. The fourth-order valence-electron chi connectivity index (χ4n) is 2.54. The van der Waals surface area contributed by atoms with Crippen LogP contribution in [0.15, 0.2) is 77.7 Å². The third-order valence-corrected chi connectivity index (χ3v) is 4.84. The normalized spacial score (nSPS) is 11.6. The van der Waals surface area contributed by atoms with E-state index in [-0.39, 0.29) is 16.3 Å². The van der Waals surface area contributed by atoms with E-state index in [1.54, 1.807) is 24.3 Å². The molecule has 0 spiro atoms. The molecule has 0 aliphatic carbocycles. The van der Waals surface area contributed by atoms with Crippen molar-refractivity contribution in [3.63, 3.8) is 0 Å². The van der Waals surface area contributed by atoms with Gasteiger partial charge in [0.15, 0.2) is 0 Å². The molecule has 0 fully saturated rings. The molecule has 1 amide bonds. The van der Waals surface area contributed by atoms with E-state index in [1.165, 1.54) is 36.4 Å². The number of anilines is 1. The van der Waals surface area contributed by atoms with Crippen molar-refractivity contribution in [3.05, 3.63) is 72.8 Å². The van der Waals surface area contributed by atoms with E-state index in [0.717, 1.165) is 23.3 Å². The summed E-state index contributed by atoms with van der Waals surface area (Å²) in [6.07, 6.45) is -5.64. The molecular formula is C20H15F3N2O5S. The van der Waals surface area contributed by atoms with Gasteiger partial charge in [-0.05, 0) is 59.7 Å². The van der Waals surface area contributed by atoms with Gasteiger partial charge in [0.1, 0.15) is 11.5 Å². The van der Waals surface area contributed by atoms with Crippen LogP contribution in [0, 0.1) is 0 Å². The van der Waals surface area contributed by atoms with Gasteiger partial charge in [0.2, 0.25) is 10.0 Å². The quantitative estimate of drug-likeness (QED) is 0.592. The molecule has 0 heterocycles. The molecule has 0 unspecified atom stereocenters. The van der Waals surface area contributed by atoms with Crippen LogP contribution < -0.4 is 19.9 Å². The van der Waals surface area contributed by atoms with Gasteiger partial charge in [-0.2, -0.15) is 0 Å². The highest BCUT2D eigenvalue weighted by Gasteiger charge is 2.30. The summed E-state index contributed by atoms with van der Waals surface area (Å²) in [4.78, 5) is 12.0. The standard InChI is InChI=1S/C20H15F3N2O5S/c21-20(22,23)30-17-9-5-15(6-10-17)25-19(26)29-16-7-1-13(2-8-16)14-3-11-18(12-4-14)31(24,27)28/h1-12H,(H,25,26)(H2,24,27,28). The molecule has 0 aromatic heterocycles. The summed E-state index contributed by atoms with van der Waals surface area (Å²) in [5.41, 5.74) is 1.68. The molecule has 0 saturated carbocycles. The Kier molecular flexibility index (Phi) is 6.18. The Morgan fingerprint density at radius 3 is 1.77 bits per heavy atom. The summed E-state index contributed by atoms with van der Waals surface area (Å²) in [5, 5.41) is 7.45. The number of carbonyl (C=O) groups is 1. The molecule has 3 N–H and O–H groups in total. The zero-order valence-electron chi connectivity index (χ0n) is 15.6. The monoisotopic (exact) mass is 452 g/mol. The lowest BCUT2D eigenvalue weighted by Gasteiger charge is -2.10. The number of benzene rings is 3. The third kappa shape index (κ3) is 6.46. The molecule has 0 aliphatic heterocycles. The van der Waals surface area contributed by atoms with Crippen LogP contribution in [-0.2, 0) is 10.0 Å². The van der Waals surface area contributed by atoms with Crippen molar-refractivity contribution in [1.29, 1.82) is 0 Å². The summed E-state index contributed by atoms with van der Waals surface area (Å²) >= 11 is 0. The number of primary sulfonamides is 1. The summed E-state index contributed by atoms with van der Waals surface area (Å²) in [6, 6.07) is 16.9. The molecular weight excluding hydrogens is 437 g/mol. The van der Waals surface area contributed by atoms with E-state index in [0.29, 0.717) is 0 Å². The van der Waals surface area contributed by atoms with Crippen molar-refractivity contribution in [3.8, 4) is 22.6 Å². The van der Waals surface area contributed by atoms with Crippen LogP contribution in [0.1, 0.15) is 0 Å². The van der Waals surface area contributed by atoms with Crippen molar-refractivity contribution < 1.29 is 35.9 Å². The summed E-state index contributed by atoms with van der Waals surface area (Å²) in [7, 11) is -3.78. The average Bonchev–Trinajstić information content (AvgIpc) is 2.68. The maximum Gasteiger partial charge on any atom is 0.573 e. The highest BCUT2D eigenvalue weighted by atomic mass is 32.2. The minimum absolute atomic E-state index is 0.00845. The van der Waals surface area contributed by atoms with Crippen molar-refractivity contribution in [1.82, 2.24) is 0 Å². The van der Waals surface area contributed by atoms with Crippen molar-refractivity contribution in [2.24, 2.45) is 5.14 Å². The fourth-order valence-corrected chi connectivity index (χ4v) is 3.06. The zero-order valence-corrected chi connectivity index (χ0v) is 16.4. The predicted octanol–water partition coefficient (Wildman–Crippen LogP) is 4.51. The van der Waals surface area contributed by atoms with Gasteiger partial charge < -0.3 is 9.47 Å². The van der Waals surface area contributed by atoms with Crippen molar-refractivity contribution in [2.75, 3.05) is 5.32 Å². The highest BCUT2D eigenvalue weighted by Crippen LogP contribution is 2.25. The highest BCUT2D eigenvalue weighted by molar-refractivity contribution is 7.89. The Morgan fingerprint density at radius 1 is 0.806 bits per heavy atom. The van der Waals surface area contributed by atoms with Gasteiger partial charge >= 0.3 is 12.5 Å². The number of hydrogen-bond acceptors (Lipinski definition) is 5. The smallest absolute Gasteiger partial charge is 0.410 e. The van der Waals surface area contributed by atoms with Crippen LogP contribution in [0.2, 0.25) is 0 Å². The van der Waals surface area contributed by atoms with Crippen molar-refractivity contribution in [2.45, 2.75) is 11.3 Å². The number of rotatable bonds is 5. The first-order chi connectivity index (χ1) is 14.5. The van der Waals surface area contributed by atoms with Gasteiger partial charge in [-0.1, -0.05) is 24.3 Å². The van der Waals surface area contributed by atoms with E-state index in [4.69, 9.17) is 9.88 Å². The number of carbonyl (C=O) groups excluding carboxylic acids is 1. The topological polar surface area (TPSA) is 108 Å². The lowest BCUT2D eigenvalue weighted by Crippen LogP contribution is -2.18. The van der Waals surface area contributed by atoms with Gasteiger partial charge in [0.25, 0.3) is 0 Å². The number of alkyl halides is 3. The predicted molar refractivity (Wildman–Crippen MR) is 106 cm³/mol. The molecule has 3 rings (SSSR count). The molecule has 0 bridgehead atoms. The summed E-state index contributed by atoms with van der Waals surface area (Å²) in [5.74, 6) is -0.196.